The molecule has 1 aliphatic heterocycles. The molecule has 0 saturated carbocycles. The number of fused-ring (bicyclic) bond motifs is 2. The quantitative estimate of drug-likeness (QED) is 0.359. The fourth-order valence-corrected chi connectivity index (χ4v) is 5.63. The van der Waals surface area contributed by atoms with Crippen LogP contribution < -0.4 is 10.2 Å². The van der Waals surface area contributed by atoms with Gasteiger partial charge in [-0.2, -0.15) is 5.10 Å². The van der Waals surface area contributed by atoms with Gasteiger partial charge in [0.15, 0.2) is 11.6 Å². The maximum atomic E-state index is 11.3. The average molecular weight is 488 g/mol. The van der Waals surface area contributed by atoms with Crippen LogP contribution in [0.1, 0.15) is 11.3 Å². The van der Waals surface area contributed by atoms with Crippen LogP contribution in [0.5, 0.6) is 0 Å². The molecule has 0 radical (unpaired) electrons. The van der Waals surface area contributed by atoms with E-state index in [1.165, 1.54) is 6.26 Å². The molecule has 0 bridgehead atoms. The fourth-order valence-electron chi connectivity index (χ4n) is 3.88. The number of ether oxygens (including phenoxy) is 1. The van der Waals surface area contributed by atoms with Gasteiger partial charge in [0.25, 0.3) is 0 Å². The van der Waals surface area contributed by atoms with E-state index in [1.807, 2.05) is 0 Å². The van der Waals surface area contributed by atoms with E-state index < -0.39 is 9.84 Å². The SMILES string of the molecule is CS(=O)(=O)CCCNCc1cc2nc(-c3cncc4[nH]ncc34)nc(N3CCOCC3)c2s1. The minimum Gasteiger partial charge on any atom is -0.378 e. The van der Waals surface area contributed by atoms with Gasteiger partial charge < -0.3 is 15.0 Å². The van der Waals surface area contributed by atoms with Gasteiger partial charge in [0.1, 0.15) is 9.84 Å². The Morgan fingerprint density at radius 3 is 2.88 bits per heavy atom. The molecule has 0 spiro atoms. The van der Waals surface area contributed by atoms with E-state index >= 15 is 0 Å². The lowest BCUT2D eigenvalue weighted by Gasteiger charge is -2.28. The van der Waals surface area contributed by atoms with Crippen molar-refractivity contribution in [2.45, 2.75) is 13.0 Å². The smallest absolute Gasteiger partial charge is 0.164 e. The summed E-state index contributed by atoms with van der Waals surface area (Å²) in [7, 11) is -2.93. The molecule has 33 heavy (non-hydrogen) atoms. The topological polar surface area (TPSA) is 126 Å². The van der Waals surface area contributed by atoms with Gasteiger partial charge >= 0.3 is 0 Å². The van der Waals surface area contributed by atoms with Gasteiger partial charge in [0.2, 0.25) is 0 Å². The summed E-state index contributed by atoms with van der Waals surface area (Å²) in [6.07, 6.45) is 7.15. The largest absolute Gasteiger partial charge is 0.378 e. The zero-order valence-electron chi connectivity index (χ0n) is 18.2. The Kier molecular flexibility index (Phi) is 6.23. The number of anilines is 1. The molecule has 0 aliphatic carbocycles. The van der Waals surface area contributed by atoms with Crippen LogP contribution in [-0.2, 0) is 21.1 Å². The molecule has 0 amide bonds. The van der Waals surface area contributed by atoms with Crippen molar-refractivity contribution in [3.05, 3.63) is 29.5 Å². The van der Waals surface area contributed by atoms with E-state index in [1.54, 1.807) is 29.9 Å². The number of H-pyrrole nitrogens is 1. The zero-order valence-corrected chi connectivity index (χ0v) is 19.9. The monoisotopic (exact) mass is 487 g/mol. The Bertz CT molecular complexity index is 1380. The standard InChI is InChI=1S/C21H25N7O3S2/c1-33(29,30)8-2-3-22-10-14-9-17-19(32-14)21(28-4-6-31-7-5-28)26-20(25-17)16-11-23-13-18-15(16)12-24-27-18/h9,11-13,22H,2-8,10H2,1H3,(H,24,27). The van der Waals surface area contributed by atoms with Gasteiger partial charge in [-0.05, 0) is 19.0 Å². The highest BCUT2D eigenvalue weighted by molar-refractivity contribution is 7.90. The number of nitrogens with one attached hydrogen (secondary N) is 2. The Labute approximate surface area is 195 Å². The van der Waals surface area contributed by atoms with E-state index in [9.17, 15) is 8.42 Å². The summed E-state index contributed by atoms with van der Waals surface area (Å²) < 4.78 is 29.2. The minimum atomic E-state index is -2.93. The first-order valence-corrected chi connectivity index (χ1v) is 13.6. The maximum Gasteiger partial charge on any atom is 0.164 e. The van der Waals surface area contributed by atoms with Crippen LogP contribution >= 0.6 is 11.3 Å². The van der Waals surface area contributed by atoms with Gasteiger partial charge in [-0.3, -0.25) is 10.1 Å². The van der Waals surface area contributed by atoms with E-state index in [-0.39, 0.29) is 5.75 Å². The van der Waals surface area contributed by atoms with Gasteiger partial charge in [-0.15, -0.1) is 11.3 Å². The third-order valence-corrected chi connectivity index (χ3v) is 7.64. The van der Waals surface area contributed by atoms with Crippen LogP contribution in [0.3, 0.4) is 0 Å². The van der Waals surface area contributed by atoms with Crippen LogP contribution in [0, 0.1) is 0 Å². The molecule has 0 atom stereocenters. The first-order chi connectivity index (χ1) is 16.0. The third-order valence-electron chi connectivity index (χ3n) is 5.49. The molecule has 1 fully saturated rings. The molecule has 12 heteroatoms. The Morgan fingerprint density at radius 2 is 2.06 bits per heavy atom. The number of morpholine rings is 1. The number of hydrogen-bond donors (Lipinski definition) is 2. The molecule has 1 aliphatic rings. The Hall–Kier alpha value is -2.67. The number of pyridine rings is 1. The van der Waals surface area contributed by atoms with Crippen molar-refractivity contribution in [3.63, 3.8) is 0 Å². The highest BCUT2D eigenvalue weighted by Gasteiger charge is 2.21. The first kappa shape index (κ1) is 22.1. The van der Waals surface area contributed by atoms with Crippen molar-refractivity contribution >= 4 is 48.1 Å². The number of hydrogen-bond acceptors (Lipinski definition) is 10. The molecule has 10 nitrogen and oxygen atoms in total. The molecule has 2 N–H and O–H groups in total. The van der Waals surface area contributed by atoms with Crippen LogP contribution in [-0.4, -0.2) is 78.4 Å². The molecule has 0 unspecified atom stereocenters. The lowest BCUT2D eigenvalue weighted by molar-refractivity contribution is 0.122. The van der Waals surface area contributed by atoms with Crippen molar-refractivity contribution in [2.24, 2.45) is 0 Å². The predicted molar refractivity (Wildman–Crippen MR) is 129 cm³/mol. The van der Waals surface area contributed by atoms with Crippen molar-refractivity contribution in [2.75, 3.05) is 49.8 Å². The summed E-state index contributed by atoms with van der Waals surface area (Å²) >= 11 is 1.67. The summed E-state index contributed by atoms with van der Waals surface area (Å²) in [6.45, 7) is 4.18. The predicted octanol–water partition coefficient (Wildman–Crippen LogP) is 1.99. The third kappa shape index (κ3) is 4.98. The second-order valence-corrected chi connectivity index (χ2v) is 11.5. The minimum absolute atomic E-state index is 0.190. The molecule has 1 saturated heterocycles. The van der Waals surface area contributed by atoms with E-state index in [2.05, 4.69) is 31.5 Å². The van der Waals surface area contributed by atoms with Gasteiger partial charge in [-0.25, -0.2) is 18.4 Å². The number of sulfone groups is 1. The van der Waals surface area contributed by atoms with Crippen LogP contribution in [0.25, 0.3) is 32.5 Å². The van der Waals surface area contributed by atoms with Gasteiger partial charge in [-0.1, -0.05) is 0 Å². The van der Waals surface area contributed by atoms with Crippen LogP contribution in [0.2, 0.25) is 0 Å². The summed E-state index contributed by atoms with van der Waals surface area (Å²) in [5.41, 5.74) is 2.57. The summed E-state index contributed by atoms with van der Waals surface area (Å²) in [5.74, 6) is 1.72. The number of aromatic amines is 1. The van der Waals surface area contributed by atoms with Crippen LogP contribution in [0.4, 0.5) is 5.82 Å². The fraction of sp³-hybridized carbons (Fsp3) is 0.429. The lowest BCUT2D eigenvalue weighted by atomic mass is 10.2. The highest BCUT2D eigenvalue weighted by Crippen LogP contribution is 2.35. The molecule has 0 aromatic carbocycles. The Balaban J connectivity index is 1.47. The van der Waals surface area contributed by atoms with Gasteiger partial charge in [0, 0.05) is 47.9 Å². The van der Waals surface area contributed by atoms with Crippen LogP contribution in [0.15, 0.2) is 24.7 Å². The molecule has 4 aromatic rings. The molecular weight excluding hydrogens is 462 g/mol. The summed E-state index contributed by atoms with van der Waals surface area (Å²) in [5, 5.41) is 11.4. The molecular formula is C21H25N7O3S2. The normalized spacial score (nSPS) is 15.0. The molecule has 5 rings (SSSR count). The van der Waals surface area contributed by atoms with Crippen molar-refractivity contribution < 1.29 is 13.2 Å². The number of aromatic nitrogens is 5. The van der Waals surface area contributed by atoms with E-state index in [0.29, 0.717) is 38.5 Å². The average Bonchev–Trinajstić information content (AvgIpc) is 3.44. The first-order valence-electron chi connectivity index (χ1n) is 10.8. The number of thiophene rings is 1. The molecule has 4 aromatic heterocycles. The maximum absolute atomic E-state index is 11.3. The number of nitrogens with zero attached hydrogens (tertiary/aromatic N) is 5. The number of rotatable bonds is 8. The van der Waals surface area contributed by atoms with Crippen molar-refractivity contribution in [1.29, 1.82) is 0 Å². The summed E-state index contributed by atoms with van der Waals surface area (Å²) in [6, 6.07) is 2.08. The second kappa shape index (κ2) is 9.29. The highest BCUT2D eigenvalue weighted by atomic mass is 32.2. The lowest BCUT2D eigenvalue weighted by Crippen LogP contribution is -2.36. The van der Waals surface area contributed by atoms with Crippen molar-refractivity contribution in [1.82, 2.24) is 30.5 Å². The Morgan fingerprint density at radius 1 is 1.21 bits per heavy atom. The van der Waals surface area contributed by atoms with Crippen molar-refractivity contribution in [3.8, 4) is 11.4 Å². The summed E-state index contributed by atoms with van der Waals surface area (Å²) in [4.78, 5) is 17.6. The molecule has 5 heterocycles. The van der Waals surface area contributed by atoms with Gasteiger partial charge in [0.05, 0.1) is 47.1 Å². The van der Waals surface area contributed by atoms with E-state index in [4.69, 9.17) is 14.7 Å². The van der Waals surface area contributed by atoms with E-state index in [0.717, 1.165) is 50.5 Å². The second-order valence-electron chi connectivity index (χ2n) is 8.08. The molecule has 174 valence electrons. The zero-order chi connectivity index (χ0) is 22.8.